The highest BCUT2D eigenvalue weighted by Crippen LogP contribution is 2.40. The number of aliphatic hydroxyl groups is 1. The maximum absolute atomic E-state index is 13.3. The average molecular weight is 557 g/mol. The van der Waals surface area contributed by atoms with Crippen LogP contribution in [0.5, 0.6) is 17.2 Å². The van der Waals surface area contributed by atoms with Gasteiger partial charge in [0.2, 0.25) is 18.2 Å². The van der Waals surface area contributed by atoms with Crippen LogP contribution in [0.25, 0.3) is 0 Å². The second-order valence-electron chi connectivity index (χ2n) is 9.96. The second kappa shape index (κ2) is 11.6. The number of hydrogen-bond acceptors (Lipinski definition) is 11. The van der Waals surface area contributed by atoms with E-state index in [4.69, 9.17) is 18.9 Å². The molecule has 0 amide bonds. The number of aliphatic hydroxyl groups excluding tert-OH is 1. The van der Waals surface area contributed by atoms with Gasteiger partial charge in [-0.05, 0) is 50.5 Å². The number of phenols is 2. The molecule has 0 saturated carbocycles. The minimum absolute atomic E-state index is 0.0218. The number of ether oxygens (including phenoxy) is 4. The van der Waals surface area contributed by atoms with Crippen LogP contribution in [0.1, 0.15) is 83.9 Å². The molecular weight excluding hydrogens is 524 g/mol. The smallest absolute Gasteiger partial charge is 0.306 e. The fourth-order valence-corrected chi connectivity index (χ4v) is 4.85. The van der Waals surface area contributed by atoms with E-state index in [1.54, 1.807) is 20.8 Å². The number of aromatic hydroxyl groups is 2. The lowest BCUT2D eigenvalue weighted by molar-refractivity contribution is -0.278. The Bertz CT molecular complexity index is 1350. The zero-order chi connectivity index (χ0) is 29.3. The largest absolute Gasteiger partial charge is 0.507 e. The summed E-state index contributed by atoms with van der Waals surface area (Å²) in [4.78, 5) is 51.3. The molecule has 1 aliphatic heterocycles. The first-order valence-electron chi connectivity index (χ1n) is 13.2. The molecule has 11 nitrogen and oxygen atoms in total. The van der Waals surface area contributed by atoms with Gasteiger partial charge in [0.25, 0.3) is 0 Å². The van der Waals surface area contributed by atoms with E-state index < -0.39 is 60.0 Å². The Balaban J connectivity index is 1.71. The molecule has 2 aromatic carbocycles. The van der Waals surface area contributed by atoms with Gasteiger partial charge in [0.05, 0.1) is 17.2 Å². The number of benzene rings is 2. The molecule has 0 bridgehead atoms. The van der Waals surface area contributed by atoms with Crippen LogP contribution < -0.4 is 4.74 Å². The van der Waals surface area contributed by atoms with E-state index in [2.05, 4.69) is 0 Å². The standard InChI is InChI=1S/C29H32O11/c1-5-7-20(32)39-27-24(34)14(4)37-29(28(27)40-21(33)8-6-2)38-15-11-17-23(19(31)12-15)26(36)22-16(25(17)35)9-13(3)10-18(22)30/h9-12,14,24,27-31,34H,5-8H2,1-4H3/t14-,24-,27+,28+,29-/m0/s1. The summed E-state index contributed by atoms with van der Waals surface area (Å²) in [5.74, 6) is -3.65. The number of ketones is 2. The lowest BCUT2D eigenvalue weighted by Crippen LogP contribution is -2.61. The SMILES string of the molecule is CCCC(=O)O[C@@H]1[C@@H](O)[C@H](C)O[C@@H](Oc2cc(O)c3c(c2)C(=O)c2cc(C)cc(O)c2C3=O)[C@@H]1OC(=O)CCC. The fraction of sp³-hybridized carbons (Fsp3) is 0.448. The van der Waals surface area contributed by atoms with Crippen molar-refractivity contribution in [2.75, 3.05) is 0 Å². The molecule has 1 fully saturated rings. The molecule has 2 aromatic rings. The molecule has 11 heteroatoms. The van der Waals surface area contributed by atoms with E-state index in [1.807, 2.05) is 0 Å². The lowest BCUT2D eigenvalue weighted by atomic mass is 9.82. The van der Waals surface area contributed by atoms with Crippen molar-refractivity contribution < 1.29 is 53.4 Å². The van der Waals surface area contributed by atoms with Crippen molar-refractivity contribution in [1.82, 2.24) is 0 Å². The first-order valence-corrected chi connectivity index (χ1v) is 13.2. The van der Waals surface area contributed by atoms with Crippen LogP contribution in [0.4, 0.5) is 0 Å². The molecule has 40 heavy (non-hydrogen) atoms. The Morgan fingerprint density at radius 2 is 1.40 bits per heavy atom. The average Bonchev–Trinajstić information content (AvgIpc) is 2.87. The summed E-state index contributed by atoms with van der Waals surface area (Å²) in [7, 11) is 0. The third-order valence-corrected chi connectivity index (χ3v) is 6.75. The summed E-state index contributed by atoms with van der Waals surface area (Å²) in [5, 5.41) is 31.9. The van der Waals surface area contributed by atoms with Gasteiger partial charge in [0.1, 0.15) is 23.4 Å². The topological polar surface area (TPSA) is 166 Å². The Hall–Kier alpha value is -3.96. The predicted octanol–water partition coefficient (Wildman–Crippen LogP) is 3.09. The molecular formula is C29H32O11. The van der Waals surface area contributed by atoms with Gasteiger partial charge < -0.3 is 34.3 Å². The molecule has 0 aromatic heterocycles. The molecule has 3 N–H and O–H groups in total. The van der Waals surface area contributed by atoms with Crippen molar-refractivity contribution in [1.29, 1.82) is 0 Å². The Morgan fingerprint density at radius 1 is 0.850 bits per heavy atom. The molecule has 0 radical (unpaired) electrons. The first kappa shape index (κ1) is 29.0. The monoisotopic (exact) mass is 556 g/mol. The highest BCUT2D eigenvalue weighted by Gasteiger charge is 2.50. The number of phenolic OH excluding ortho intramolecular Hbond substituents is 2. The Kier molecular flexibility index (Phi) is 8.45. The summed E-state index contributed by atoms with van der Waals surface area (Å²) in [6, 6.07) is 5.14. The van der Waals surface area contributed by atoms with E-state index in [0.29, 0.717) is 18.4 Å². The summed E-state index contributed by atoms with van der Waals surface area (Å²) in [6.07, 6.45) is -5.29. The van der Waals surface area contributed by atoms with Gasteiger partial charge in [0.15, 0.2) is 11.9 Å². The molecule has 1 heterocycles. The number of aryl methyl sites for hydroxylation is 1. The quantitative estimate of drug-likeness (QED) is 0.349. The van der Waals surface area contributed by atoms with Gasteiger partial charge in [-0.25, -0.2) is 0 Å². The summed E-state index contributed by atoms with van der Waals surface area (Å²) in [6.45, 7) is 6.73. The minimum atomic E-state index is -1.41. The third kappa shape index (κ3) is 5.52. The summed E-state index contributed by atoms with van der Waals surface area (Å²) < 4.78 is 22.7. The zero-order valence-corrected chi connectivity index (χ0v) is 22.6. The maximum Gasteiger partial charge on any atom is 0.306 e. The predicted molar refractivity (Wildman–Crippen MR) is 138 cm³/mol. The number of rotatable bonds is 8. The van der Waals surface area contributed by atoms with Gasteiger partial charge in [-0.1, -0.05) is 13.8 Å². The summed E-state index contributed by atoms with van der Waals surface area (Å²) in [5.41, 5.74) is -0.126. The minimum Gasteiger partial charge on any atom is -0.507 e. The fourth-order valence-electron chi connectivity index (χ4n) is 4.85. The van der Waals surface area contributed by atoms with Crippen LogP contribution in [-0.2, 0) is 23.8 Å². The highest BCUT2D eigenvalue weighted by atomic mass is 16.7. The van der Waals surface area contributed by atoms with E-state index in [0.717, 1.165) is 6.07 Å². The highest BCUT2D eigenvalue weighted by molar-refractivity contribution is 6.30. The van der Waals surface area contributed by atoms with Crippen molar-refractivity contribution in [3.8, 4) is 17.2 Å². The molecule has 4 rings (SSSR count). The normalized spacial score (nSPS) is 23.7. The molecule has 5 atom stereocenters. The third-order valence-electron chi connectivity index (χ3n) is 6.75. The van der Waals surface area contributed by atoms with Crippen LogP contribution in [0, 0.1) is 6.92 Å². The number of carbonyl (C=O) groups is 4. The van der Waals surface area contributed by atoms with Gasteiger partial charge in [-0.3, -0.25) is 19.2 Å². The van der Waals surface area contributed by atoms with Crippen molar-refractivity contribution in [3.63, 3.8) is 0 Å². The number of carbonyl (C=O) groups excluding carboxylic acids is 4. The van der Waals surface area contributed by atoms with Crippen molar-refractivity contribution in [2.45, 2.75) is 84.1 Å². The number of hydrogen-bond donors (Lipinski definition) is 3. The lowest BCUT2D eigenvalue weighted by Gasteiger charge is -2.42. The van der Waals surface area contributed by atoms with E-state index >= 15 is 0 Å². The van der Waals surface area contributed by atoms with E-state index in [1.165, 1.54) is 25.1 Å². The first-order chi connectivity index (χ1) is 19.0. The molecule has 0 spiro atoms. The van der Waals surface area contributed by atoms with Crippen LogP contribution in [0.3, 0.4) is 0 Å². The van der Waals surface area contributed by atoms with Crippen molar-refractivity contribution >= 4 is 23.5 Å². The van der Waals surface area contributed by atoms with Crippen LogP contribution in [0.2, 0.25) is 0 Å². The summed E-state index contributed by atoms with van der Waals surface area (Å²) >= 11 is 0. The zero-order valence-electron chi connectivity index (χ0n) is 22.6. The molecule has 1 saturated heterocycles. The van der Waals surface area contributed by atoms with Gasteiger partial charge in [0, 0.05) is 30.0 Å². The van der Waals surface area contributed by atoms with E-state index in [-0.39, 0.29) is 46.6 Å². The number of esters is 2. The van der Waals surface area contributed by atoms with Crippen molar-refractivity contribution in [3.05, 3.63) is 52.1 Å². The Labute approximate surface area is 230 Å². The van der Waals surface area contributed by atoms with Crippen LogP contribution in [0.15, 0.2) is 24.3 Å². The number of fused-ring (bicyclic) bond motifs is 2. The molecule has 214 valence electrons. The van der Waals surface area contributed by atoms with Crippen LogP contribution in [-0.4, -0.2) is 69.5 Å². The van der Waals surface area contributed by atoms with Gasteiger partial charge >= 0.3 is 11.9 Å². The Morgan fingerprint density at radius 3 is 2.00 bits per heavy atom. The maximum atomic E-state index is 13.3. The van der Waals surface area contributed by atoms with E-state index in [9.17, 15) is 34.5 Å². The molecule has 2 aliphatic rings. The van der Waals surface area contributed by atoms with Crippen LogP contribution >= 0.6 is 0 Å². The molecule has 1 aliphatic carbocycles. The van der Waals surface area contributed by atoms with Gasteiger partial charge in [-0.2, -0.15) is 0 Å². The van der Waals surface area contributed by atoms with Gasteiger partial charge in [-0.15, -0.1) is 0 Å². The second-order valence-corrected chi connectivity index (χ2v) is 9.96. The molecule has 0 unspecified atom stereocenters. The van der Waals surface area contributed by atoms with Crippen molar-refractivity contribution in [2.24, 2.45) is 0 Å².